The SMILES string of the molecule is Cc1ccc(CN(CC(=O)Nc2ccc(N3CCOCC3)cc2)C(=O)Cn2nnc3ccccc32)cc1. The fourth-order valence-corrected chi connectivity index (χ4v) is 4.36. The van der Waals surface area contributed by atoms with Crippen LogP contribution in [0.2, 0.25) is 0 Å². The minimum Gasteiger partial charge on any atom is -0.378 e. The Hall–Kier alpha value is -4.24. The average molecular weight is 499 g/mol. The molecule has 0 atom stereocenters. The van der Waals surface area contributed by atoms with Gasteiger partial charge in [0.2, 0.25) is 11.8 Å². The van der Waals surface area contributed by atoms with Crippen molar-refractivity contribution >= 4 is 34.2 Å². The third kappa shape index (κ3) is 6.13. The summed E-state index contributed by atoms with van der Waals surface area (Å²) in [6, 6.07) is 23.2. The van der Waals surface area contributed by atoms with Crippen LogP contribution in [-0.2, 0) is 27.4 Å². The van der Waals surface area contributed by atoms with E-state index < -0.39 is 0 Å². The third-order valence-corrected chi connectivity index (χ3v) is 6.41. The fraction of sp³-hybridized carbons (Fsp3) is 0.286. The Morgan fingerprint density at radius 2 is 1.70 bits per heavy atom. The van der Waals surface area contributed by atoms with Gasteiger partial charge in [0.1, 0.15) is 18.6 Å². The summed E-state index contributed by atoms with van der Waals surface area (Å²) in [6.45, 7) is 5.38. The van der Waals surface area contributed by atoms with E-state index in [1.165, 1.54) is 0 Å². The monoisotopic (exact) mass is 498 g/mol. The summed E-state index contributed by atoms with van der Waals surface area (Å²) < 4.78 is 6.99. The van der Waals surface area contributed by atoms with Gasteiger partial charge in [-0.05, 0) is 48.9 Å². The van der Waals surface area contributed by atoms with Crippen LogP contribution in [0.25, 0.3) is 11.0 Å². The lowest BCUT2D eigenvalue weighted by molar-refractivity contribution is -0.136. The number of ether oxygens (including phenoxy) is 1. The number of amides is 2. The number of nitrogens with zero attached hydrogens (tertiary/aromatic N) is 5. The number of carbonyl (C=O) groups excluding carboxylic acids is 2. The number of aromatic nitrogens is 3. The second-order valence-electron chi connectivity index (χ2n) is 9.17. The number of anilines is 2. The molecule has 1 fully saturated rings. The third-order valence-electron chi connectivity index (χ3n) is 6.41. The molecule has 4 aromatic rings. The van der Waals surface area contributed by atoms with Crippen molar-refractivity contribution in [2.45, 2.75) is 20.0 Å². The van der Waals surface area contributed by atoms with E-state index in [0.717, 1.165) is 40.9 Å². The van der Waals surface area contributed by atoms with Gasteiger partial charge in [-0.1, -0.05) is 47.2 Å². The van der Waals surface area contributed by atoms with Crippen LogP contribution < -0.4 is 10.2 Å². The van der Waals surface area contributed by atoms with Gasteiger partial charge in [0.15, 0.2) is 0 Å². The van der Waals surface area contributed by atoms with Crippen molar-refractivity contribution in [3.05, 3.63) is 83.9 Å². The van der Waals surface area contributed by atoms with Crippen molar-refractivity contribution in [2.75, 3.05) is 43.1 Å². The molecule has 9 heteroatoms. The molecule has 5 rings (SSSR count). The van der Waals surface area contributed by atoms with Crippen molar-refractivity contribution in [1.82, 2.24) is 19.9 Å². The normalized spacial score (nSPS) is 13.5. The van der Waals surface area contributed by atoms with Gasteiger partial charge in [0.25, 0.3) is 0 Å². The Morgan fingerprint density at radius 3 is 2.46 bits per heavy atom. The van der Waals surface area contributed by atoms with Gasteiger partial charge in [0.05, 0.1) is 18.7 Å². The zero-order valence-electron chi connectivity index (χ0n) is 20.8. The van der Waals surface area contributed by atoms with Crippen molar-refractivity contribution in [1.29, 1.82) is 0 Å². The predicted molar refractivity (Wildman–Crippen MR) is 142 cm³/mol. The molecule has 1 aromatic heterocycles. The molecule has 0 radical (unpaired) electrons. The summed E-state index contributed by atoms with van der Waals surface area (Å²) in [4.78, 5) is 30.2. The lowest BCUT2D eigenvalue weighted by atomic mass is 10.1. The van der Waals surface area contributed by atoms with Crippen LogP contribution >= 0.6 is 0 Å². The van der Waals surface area contributed by atoms with Gasteiger partial charge in [0, 0.05) is 31.0 Å². The van der Waals surface area contributed by atoms with Crippen LogP contribution in [-0.4, -0.2) is 64.6 Å². The van der Waals surface area contributed by atoms with Crippen LogP contribution in [0.5, 0.6) is 0 Å². The Morgan fingerprint density at radius 1 is 0.973 bits per heavy atom. The number of fused-ring (bicyclic) bond motifs is 1. The number of carbonyl (C=O) groups is 2. The second kappa shape index (κ2) is 11.2. The van der Waals surface area contributed by atoms with E-state index in [2.05, 4.69) is 20.5 Å². The molecule has 1 N–H and O–H groups in total. The molecule has 2 heterocycles. The zero-order valence-corrected chi connectivity index (χ0v) is 20.8. The second-order valence-corrected chi connectivity index (χ2v) is 9.17. The molecule has 0 saturated carbocycles. The molecule has 0 aliphatic carbocycles. The maximum Gasteiger partial charge on any atom is 0.245 e. The van der Waals surface area contributed by atoms with Gasteiger partial charge in [-0.25, -0.2) is 4.68 Å². The van der Waals surface area contributed by atoms with E-state index in [1.54, 1.807) is 9.58 Å². The average Bonchev–Trinajstić information content (AvgIpc) is 3.33. The Labute approximate surface area is 215 Å². The lowest BCUT2D eigenvalue weighted by Gasteiger charge is -2.29. The van der Waals surface area contributed by atoms with Crippen molar-refractivity contribution in [3.63, 3.8) is 0 Å². The molecule has 0 bridgehead atoms. The number of para-hydroxylation sites is 1. The van der Waals surface area contributed by atoms with Crippen molar-refractivity contribution in [2.24, 2.45) is 0 Å². The molecule has 1 aliphatic heterocycles. The fourth-order valence-electron chi connectivity index (χ4n) is 4.36. The molecule has 37 heavy (non-hydrogen) atoms. The summed E-state index contributed by atoms with van der Waals surface area (Å²) in [7, 11) is 0. The van der Waals surface area contributed by atoms with Crippen LogP contribution in [0.3, 0.4) is 0 Å². The number of hydrogen-bond donors (Lipinski definition) is 1. The van der Waals surface area contributed by atoms with Crippen molar-refractivity contribution in [3.8, 4) is 0 Å². The summed E-state index contributed by atoms with van der Waals surface area (Å²) in [5.41, 5.74) is 5.36. The Kier molecular flexibility index (Phi) is 7.41. The molecule has 2 amide bonds. The van der Waals surface area contributed by atoms with E-state index in [1.807, 2.05) is 79.7 Å². The Balaban J connectivity index is 1.28. The predicted octanol–water partition coefficient (Wildman–Crippen LogP) is 3.24. The smallest absolute Gasteiger partial charge is 0.245 e. The first-order valence-corrected chi connectivity index (χ1v) is 12.4. The van der Waals surface area contributed by atoms with Gasteiger partial charge in [-0.3, -0.25) is 9.59 Å². The largest absolute Gasteiger partial charge is 0.378 e. The van der Waals surface area contributed by atoms with E-state index in [-0.39, 0.29) is 24.9 Å². The minimum atomic E-state index is -0.261. The standard InChI is InChI=1S/C28H30N6O3/c1-21-6-8-22(9-7-21)18-33(28(36)20-34-26-5-3-2-4-25(26)30-31-34)19-27(35)29-23-10-12-24(13-11-23)32-14-16-37-17-15-32/h2-13H,14-20H2,1H3,(H,29,35). The van der Waals surface area contributed by atoms with Gasteiger partial charge < -0.3 is 19.9 Å². The van der Waals surface area contributed by atoms with Gasteiger partial charge in [-0.2, -0.15) is 0 Å². The van der Waals surface area contributed by atoms with Gasteiger partial charge in [-0.15, -0.1) is 5.10 Å². The first-order chi connectivity index (χ1) is 18.0. The zero-order chi connectivity index (χ0) is 25.6. The van der Waals surface area contributed by atoms with E-state index in [4.69, 9.17) is 4.74 Å². The van der Waals surface area contributed by atoms with E-state index in [9.17, 15) is 9.59 Å². The van der Waals surface area contributed by atoms with Crippen LogP contribution in [0.4, 0.5) is 11.4 Å². The van der Waals surface area contributed by atoms with Crippen LogP contribution in [0, 0.1) is 6.92 Å². The number of benzene rings is 3. The van der Waals surface area contributed by atoms with Crippen LogP contribution in [0.1, 0.15) is 11.1 Å². The quantitative estimate of drug-likeness (QED) is 0.401. The first-order valence-electron chi connectivity index (χ1n) is 12.4. The molecule has 1 aliphatic rings. The maximum atomic E-state index is 13.4. The number of rotatable bonds is 8. The lowest BCUT2D eigenvalue weighted by Crippen LogP contribution is -2.39. The molecule has 0 spiro atoms. The molecule has 1 saturated heterocycles. The maximum absolute atomic E-state index is 13.4. The highest BCUT2D eigenvalue weighted by atomic mass is 16.5. The molecule has 3 aromatic carbocycles. The molecular formula is C28H30N6O3. The highest BCUT2D eigenvalue weighted by molar-refractivity contribution is 5.94. The molecule has 9 nitrogen and oxygen atoms in total. The van der Waals surface area contributed by atoms with Crippen LogP contribution in [0.15, 0.2) is 72.8 Å². The van der Waals surface area contributed by atoms with Gasteiger partial charge >= 0.3 is 0 Å². The summed E-state index contributed by atoms with van der Waals surface area (Å²) >= 11 is 0. The minimum absolute atomic E-state index is 0.00605. The molecule has 0 unspecified atom stereocenters. The van der Waals surface area contributed by atoms with E-state index >= 15 is 0 Å². The summed E-state index contributed by atoms with van der Waals surface area (Å²) in [6.07, 6.45) is 0. The van der Waals surface area contributed by atoms with E-state index in [0.29, 0.717) is 25.4 Å². The summed E-state index contributed by atoms with van der Waals surface area (Å²) in [5, 5.41) is 11.2. The highest BCUT2D eigenvalue weighted by Gasteiger charge is 2.20. The molecular weight excluding hydrogens is 468 g/mol. The first kappa shape index (κ1) is 24.5. The summed E-state index contributed by atoms with van der Waals surface area (Å²) in [5.74, 6) is -0.475. The topological polar surface area (TPSA) is 92.6 Å². The number of hydrogen-bond acceptors (Lipinski definition) is 6. The number of morpholine rings is 1. The molecule has 190 valence electrons. The highest BCUT2D eigenvalue weighted by Crippen LogP contribution is 2.19. The number of nitrogens with one attached hydrogen (secondary N) is 1. The number of aryl methyl sites for hydroxylation is 1. The Bertz CT molecular complexity index is 1360. The van der Waals surface area contributed by atoms with Crippen molar-refractivity contribution < 1.29 is 14.3 Å².